The van der Waals surface area contributed by atoms with Crippen molar-refractivity contribution in [3.8, 4) is 0 Å². The third-order valence-electron chi connectivity index (χ3n) is 2.92. The predicted octanol–water partition coefficient (Wildman–Crippen LogP) is 1.01. The van der Waals surface area contributed by atoms with Crippen LogP contribution in [0.5, 0.6) is 0 Å². The Balaban J connectivity index is 1.82. The van der Waals surface area contributed by atoms with E-state index >= 15 is 0 Å². The first kappa shape index (κ1) is 11.6. The van der Waals surface area contributed by atoms with Crippen molar-refractivity contribution in [2.45, 2.75) is 31.4 Å². The molecule has 1 aromatic carbocycles. The van der Waals surface area contributed by atoms with E-state index in [0.29, 0.717) is 6.54 Å². The number of benzene rings is 1. The van der Waals surface area contributed by atoms with Crippen molar-refractivity contribution in [2.75, 3.05) is 13.2 Å². The summed E-state index contributed by atoms with van der Waals surface area (Å²) >= 11 is 0. The first-order chi connectivity index (χ1) is 7.79. The standard InChI is InChI=1S/C13H19NO2/c15-9-13(16)8-14-7-10-2-1-3-12(6-10)11-4-5-11/h1-3,6,11,13-16H,4-5,7-9H2. The highest BCUT2D eigenvalue weighted by Crippen LogP contribution is 2.40. The molecule has 3 heteroatoms. The van der Waals surface area contributed by atoms with Crippen molar-refractivity contribution in [3.05, 3.63) is 35.4 Å². The molecule has 1 saturated carbocycles. The number of hydrogen-bond acceptors (Lipinski definition) is 3. The minimum atomic E-state index is -0.661. The zero-order valence-electron chi connectivity index (χ0n) is 9.39. The summed E-state index contributed by atoms with van der Waals surface area (Å²) in [4.78, 5) is 0. The molecule has 0 bridgehead atoms. The first-order valence-electron chi connectivity index (χ1n) is 5.88. The van der Waals surface area contributed by atoms with Gasteiger partial charge in [0.1, 0.15) is 0 Å². The SMILES string of the molecule is OCC(O)CNCc1cccc(C2CC2)c1. The second kappa shape index (κ2) is 5.43. The molecule has 0 radical (unpaired) electrons. The Morgan fingerprint density at radius 2 is 2.19 bits per heavy atom. The summed E-state index contributed by atoms with van der Waals surface area (Å²) in [6, 6.07) is 8.59. The molecule has 1 aliphatic rings. The van der Waals surface area contributed by atoms with Gasteiger partial charge in [-0.2, -0.15) is 0 Å². The molecule has 3 nitrogen and oxygen atoms in total. The Morgan fingerprint density at radius 1 is 1.38 bits per heavy atom. The summed E-state index contributed by atoms with van der Waals surface area (Å²) in [5.74, 6) is 0.781. The van der Waals surface area contributed by atoms with Crippen LogP contribution < -0.4 is 5.32 Å². The van der Waals surface area contributed by atoms with E-state index < -0.39 is 6.10 Å². The van der Waals surface area contributed by atoms with Crippen molar-refractivity contribution in [2.24, 2.45) is 0 Å². The molecule has 0 aromatic heterocycles. The lowest BCUT2D eigenvalue weighted by Gasteiger charge is -2.09. The lowest BCUT2D eigenvalue weighted by atomic mass is 10.1. The highest BCUT2D eigenvalue weighted by atomic mass is 16.3. The fraction of sp³-hybridized carbons (Fsp3) is 0.538. The van der Waals surface area contributed by atoms with Crippen LogP contribution in [0.1, 0.15) is 29.9 Å². The molecule has 0 amide bonds. The summed E-state index contributed by atoms with van der Waals surface area (Å²) in [5, 5.41) is 21.0. The third-order valence-corrected chi connectivity index (χ3v) is 2.92. The molecule has 0 spiro atoms. The zero-order valence-corrected chi connectivity index (χ0v) is 9.39. The monoisotopic (exact) mass is 221 g/mol. The summed E-state index contributed by atoms with van der Waals surface area (Å²) in [6.07, 6.45) is 1.98. The van der Waals surface area contributed by atoms with E-state index in [4.69, 9.17) is 5.11 Å². The zero-order chi connectivity index (χ0) is 11.4. The van der Waals surface area contributed by atoms with Gasteiger partial charge < -0.3 is 15.5 Å². The van der Waals surface area contributed by atoms with E-state index in [1.165, 1.54) is 24.0 Å². The van der Waals surface area contributed by atoms with Crippen molar-refractivity contribution < 1.29 is 10.2 Å². The van der Waals surface area contributed by atoms with Crippen molar-refractivity contribution in [3.63, 3.8) is 0 Å². The quantitative estimate of drug-likeness (QED) is 0.672. The second-order valence-electron chi connectivity index (χ2n) is 4.49. The maximum Gasteiger partial charge on any atom is 0.0895 e. The van der Waals surface area contributed by atoms with Gasteiger partial charge in [-0.3, -0.25) is 0 Å². The summed E-state index contributed by atoms with van der Waals surface area (Å²) in [6.45, 7) is 0.997. The molecule has 88 valence electrons. The van der Waals surface area contributed by atoms with Crippen LogP contribution in [-0.4, -0.2) is 29.5 Å². The van der Waals surface area contributed by atoms with Crippen LogP contribution in [0.25, 0.3) is 0 Å². The van der Waals surface area contributed by atoms with E-state index in [2.05, 4.69) is 29.6 Å². The van der Waals surface area contributed by atoms with Gasteiger partial charge >= 0.3 is 0 Å². The van der Waals surface area contributed by atoms with Gasteiger partial charge in [0.05, 0.1) is 12.7 Å². The van der Waals surface area contributed by atoms with Crippen LogP contribution in [0, 0.1) is 0 Å². The molecule has 1 aliphatic carbocycles. The van der Waals surface area contributed by atoms with Gasteiger partial charge in [-0.1, -0.05) is 24.3 Å². The molecule has 16 heavy (non-hydrogen) atoms. The summed E-state index contributed by atoms with van der Waals surface area (Å²) in [7, 11) is 0. The average Bonchev–Trinajstić information content (AvgIpc) is 3.13. The number of rotatable bonds is 6. The summed E-state index contributed by atoms with van der Waals surface area (Å²) < 4.78 is 0. The van der Waals surface area contributed by atoms with Gasteiger partial charge in [-0.15, -0.1) is 0 Å². The largest absolute Gasteiger partial charge is 0.394 e. The van der Waals surface area contributed by atoms with Crippen LogP contribution in [0.4, 0.5) is 0 Å². The van der Waals surface area contributed by atoms with Crippen molar-refractivity contribution in [1.82, 2.24) is 5.32 Å². The minimum Gasteiger partial charge on any atom is -0.394 e. The van der Waals surface area contributed by atoms with E-state index in [1.54, 1.807) is 0 Å². The average molecular weight is 221 g/mol. The Labute approximate surface area is 96.1 Å². The topological polar surface area (TPSA) is 52.5 Å². The number of aliphatic hydroxyl groups excluding tert-OH is 2. The Hall–Kier alpha value is -0.900. The molecule has 0 heterocycles. The highest BCUT2D eigenvalue weighted by molar-refractivity contribution is 5.29. The molecule has 3 N–H and O–H groups in total. The molecule has 1 atom stereocenters. The van der Waals surface area contributed by atoms with Gasteiger partial charge in [-0.25, -0.2) is 0 Å². The minimum absolute atomic E-state index is 0.185. The molecule has 1 unspecified atom stereocenters. The molecule has 1 fully saturated rings. The second-order valence-corrected chi connectivity index (χ2v) is 4.49. The smallest absolute Gasteiger partial charge is 0.0895 e. The third kappa shape index (κ3) is 3.30. The van der Waals surface area contributed by atoms with Gasteiger partial charge in [0.25, 0.3) is 0 Å². The van der Waals surface area contributed by atoms with Gasteiger partial charge in [-0.05, 0) is 29.9 Å². The summed E-state index contributed by atoms with van der Waals surface area (Å²) in [5.41, 5.74) is 2.68. The van der Waals surface area contributed by atoms with Crippen LogP contribution in [0.15, 0.2) is 24.3 Å². The maximum absolute atomic E-state index is 9.18. The molecule has 0 saturated heterocycles. The highest BCUT2D eigenvalue weighted by Gasteiger charge is 2.23. The molecular formula is C13H19NO2. The number of aliphatic hydroxyl groups is 2. The molecule has 2 rings (SSSR count). The molecule has 0 aliphatic heterocycles. The van der Waals surface area contributed by atoms with Crippen molar-refractivity contribution >= 4 is 0 Å². The maximum atomic E-state index is 9.18. The lowest BCUT2D eigenvalue weighted by molar-refractivity contribution is 0.0942. The van der Waals surface area contributed by atoms with Crippen LogP contribution in [0.2, 0.25) is 0 Å². The number of nitrogens with one attached hydrogen (secondary N) is 1. The fourth-order valence-electron chi connectivity index (χ4n) is 1.82. The van der Waals surface area contributed by atoms with Gasteiger partial charge in [0.15, 0.2) is 0 Å². The van der Waals surface area contributed by atoms with Crippen LogP contribution in [0.3, 0.4) is 0 Å². The molecular weight excluding hydrogens is 202 g/mol. The van der Waals surface area contributed by atoms with E-state index in [9.17, 15) is 5.11 Å². The van der Waals surface area contributed by atoms with Gasteiger partial charge in [0.2, 0.25) is 0 Å². The van der Waals surface area contributed by atoms with E-state index in [0.717, 1.165) is 12.5 Å². The van der Waals surface area contributed by atoms with Crippen LogP contribution in [-0.2, 0) is 6.54 Å². The Morgan fingerprint density at radius 3 is 2.88 bits per heavy atom. The number of hydrogen-bond donors (Lipinski definition) is 3. The first-order valence-corrected chi connectivity index (χ1v) is 5.88. The molecule has 1 aromatic rings. The van der Waals surface area contributed by atoms with Gasteiger partial charge in [0, 0.05) is 13.1 Å². The van der Waals surface area contributed by atoms with Crippen LogP contribution >= 0.6 is 0 Å². The normalized spacial score (nSPS) is 17.4. The predicted molar refractivity (Wildman–Crippen MR) is 63.2 cm³/mol. The fourth-order valence-corrected chi connectivity index (χ4v) is 1.82. The van der Waals surface area contributed by atoms with Crippen molar-refractivity contribution in [1.29, 1.82) is 0 Å². The van der Waals surface area contributed by atoms with E-state index in [1.807, 2.05) is 0 Å². The Bertz CT molecular complexity index is 336. The Kier molecular flexibility index (Phi) is 3.93. The lowest BCUT2D eigenvalue weighted by Crippen LogP contribution is -2.28. The van der Waals surface area contributed by atoms with E-state index in [-0.39, 0.29) is 6.61 Å².